The lowest BCUT2D eigenvalue weighted by Gasteiger charge is -2.12. The van der Waals surface area contributed by atoms with Gasteiger partial charge in [-0.15, -0.1) is 0 Å². The van der Waals surface area contributed by atoms with Crippen molar-refractivity contribution in [1.29, 1.82) is 0 Å². The molecule has 5 heteroatoms. The Kier molecular flexibility index (Phi) is 4.66. The van der Waals surface area contributed by atoms with Crippen LogP contribution in [0.4, 0.5) is 5.69 Å². The predicted molar refractivity (Wildman–Crippen MR) is 88.9 cm³/mol. The van der Waals surface area contributed by atoms with Gasteiger partial charge in [-0.2, -0.15) is 0 Å². The third-order valence-corrected chi connectivity index (χ3v) is 4.20. The molecule has 2 rings (SSSR count). The molecule has 22 heavy (non-hydrogen) atoms. The molecule has 0 bridgehead atoms. The second kappa shape index (κ2) is 6.32. The van der Waals surface area contributed by atoms with Crippen LogP contribution in [0.3, 0.4) is 0 Å². The van der Waals surface area contributed by atoms with Crippen LogP contribution in [0.1, 0.15) is 27.0 Å². The molecule has 1 amide bonds. The molecule has 116 valence electrons. The number of benzene rings is 2. The van der Waals surface area contributed by atoms with Crippen molar-refractivity contribution < 1.29 is 13.2 Å². The molecule has 2 aromatic carbocycles. The van der Waals surface area contributed by atoms with Gasteiger partial charge >= 0.3 is 0 Å². The van der Waals surface area contributed by atoms with Gasteiger partial charge in [-0.05, 0) is 42.7 Å². The largest absolute Gasteiger partial charge is 0.322 e. The van der Waals surface area contributed by atoms with E-state index in [0.717, 1.165) is 16.8 Å². The number of anilines is 1. The molecule has 0 fully saturated rings. The summed E-state index contributed by atoms with van der Waals surface area (Å²) in [6.07, 6.45) is 1.18. The first kappa shape index (κ1) is 16.2. The Labute approximate surface area is 131 Å². The average molecular weight is 317 g/mol. The average Bonchev–Trinajstić information content (AvgIpc) is 2.41. The van der Waals surface area contributed by atoms with Gasteiger partial charge in [0.25, 0.3) is 5.91 Å². The van der Waals surface area contributed by atoms with Crippen molar-refractivity contribution in [2.24, 2.45) is 0 Å². The standard InChI is InChI=1S/C17H19NO3S/c1-12-6-4-7-13(2)16(12)18-17(19)15-9-5-8-14(10-15)11-22(3,20)21/h4-10H,11H2,1-3H3,(H,18,19). The van der Waals surface area contributed by atoms with Gasteiger partial charge in [0.2, 0.25) is 0 Å². The summed E-state index contributed by atoms with van der Waals surface area (Å²) in [4.78, 5) is 12.4. The van der Waals surface area contributed by atoms with Gasteiger partial charge in [0.1, 0.15) is 0 Å². The molecule has 0 unspecified atom stereocenters. The Balaban J connectivity index is 2.25. The SMILES string of the molecule is Cc1cccc(C)c1NC(=O)c1cccc(CS(C)(=O)=O)c1. The number of sulfone groups is 1. The first-order valence-corrected chi connectivity index (χ1v) is 8.96. The van der Waals surface area contributed by atoms with Gasteiger partial charge in [0.15, 0.2) is 9.84 Å². The molecule has 0 radical (unpaired) electrons. The molecule has 0 aliphatic rings. The van der Waals surface area contributed by atoms with E-state index in [1.807, 2.05) is 32.0 Å². The fraction of sp³-hybridized carbons (Fsp3) is 0.235. The van der Waals surface area contributed by atoms with E-state index >= 15 is 0 Å². The van der Waals surface area contributed by atoms with Crippen molar-refractivity contribution in [3.63, 3.8) is 0 Å². The summed E-state index contributed by atoms with van der Waals surface area (Å²) in [7, 11) is -3.12. The zero-order valence-electron chi connectivity index (χ0n) is 12.9. The molecule has 2 aromatic rings. The highest BCUT2D eigenvalue weighted by atomic mass is 32.2. The van der Waals surface area contributed by atoms with Crippen LogP contribution in [0.15, 0.2) is 42.5 Å². The first-order valence-electron chi connectivity index (χ1n) is 6.90. The van der Waals surface area contributed by atoms with Crippen molar-refractivity contribution in [3.05, 3.63) is 64.7 Å². The highest BCUT2D eigenvalue weighted by molar-refractivity contribution is 7.89. The van der Waals surface area contributed by atoms with Gasteiger partial charge < -0.3 is 5.32 Å². The van der Waals surface area contributed by atoms with E-state index in [9.17, 15) is 13.2 Å². The summed E-state index contributed by atoms with van der Waals surface area (Å²) in [5.74, 6) is -0.315. The van der Waals surface area contributed by atoms with E-state index in [0.29, 0.717) is 11.1 Å². The molecule has 1 N–H and O–H groups in total. The monoisotopic (exact) mass is 317 g/mol. The van der Waals surface area contributed by atoms with Crippen molar-refractivity contribution in [3.8, 4) is 0 Å². The highest BCUT2D eigenvalue weighted by Crippen LogP contribution is 2.20. The summed E-state index contributed by atoms with van der Waals surface area (Å²) in [5.41, 5.74) is 3.82. The van der Waals surface area contributed by atoms with Crippen LogP contribution in [-0.2, 0) is 15.6 Å². The van der Waals surface area contributed by atoms with Crippen LogP contribution >= 0.6 is 0 Å². The van der Waals surface area contributed by atoms with E-state index in [2.05, 4.69) is 5.32 Å². The lowest BCUT2D eigenvalue weighted by molar-refractivity contribution is 0.102. The van der Waals surface area contributed by atoms with Crippen LogP contribution in [-0.4, -0.2) is 20.6 Å². The Bertz CT molecular complexity index is 790. The number of carbonyl (C=O) groups is 1. The first-order chi connectivity index (χ1) is 10.3. The molecule has 4 nitrogen and oxygen atoms in total. The second-order valence-electron chi connectivity index (χ2n) is 5.49. The van der Waals surface area contributed by atoms with Gasteiger partial charge in [0.05, 0.1) is 5.75 Å². The third-order valence-electron chi connectivity index (χ3n) is 3.34. The maximum atomic E-state index is 12.4. The number of hydrogen-bond acceptors (Lipinski definition) is 3. The van der Waals surface area contributed by atoms with Crippen molar-refractivity contribution >= 4 is 21.4 Å². The molecular weight excluding hydrogens is 298 g/mol. The zero-order valence-corrected chi connectivity index (χ0v) is 13.7. The number of nitrogens with one attached hydrogen (secondary N) is 1. The number of para-hydroxylation sites is 1. The molecule has 0 aliphatic heterocycles. The van der Waals surface area contributed by atoms with Crippen LogP contribution in [0.5, 0.6) is 0 Å². The lowest BCUT2D eigenvalue weighted by Crippen LogP contribution is -2.14. The van der Waals surface area contributed by atoms with E-state index in [4.69, 9.17) is 0 Å². The molecule has 0 spiro atoms. The van der Waals surface area contributed by atoms with E-state index < -0.39 is 9.84 Å². The molecule has 0 atom stereocenters. The minimum absolute atomic E-state index is 0.0719. The summed E-state index contributed by atoms with van der Waals surface area (Å²) in [6, 6.07) is 12.5. The quantitative estimate of drug-likeness (QED) is 0.942. The van der Waals surface area contributed by atoms with Gasteiger partial charge in [-0.1, -0.05) is 30.3 Å². The molecule has 0 heterocycles. The van der Waals surface area contributed by atoms with Gasteiger partial charge in [-0.25, -0.2) is 8.42 Å². The van der Waals surface area contributed by atoms with E-state index in [1.54, 1.807) is 24.3 Å². The molecule has 0 saturated carbocycles. The summed E-state index contributed by atoms with van der Waals surface area (Å²) in [5, 5.41) is 2.90. The van der Waals surface area contributed by atoms with Gasteiger partial charge in [-0.3, -0.25) is 4.79 Å². The minimum Gasteiger partial charge on any atom is -0.322 e. The number of aryl methyl sites for hydroxylation is 2. The third kappa shape index (κ3) is 4.18. The fourth-order valence-electron chi connectivity index (χ4n) is 2.30. The lowest BCUT2D eigenvalue weighted by atomic mass is 10.1. The summed E-state index contributed by atoms with van der Waals surface area (Å²) >= 11 is 0. The Hall–Kier alpha value is -2.14. The molecular formula is C17H19NO3S. The maximum Gasteiger partial charge on any atom is 0.255 e. The van der Waals surface area contributed by atoms with Crippen LogP contribution < -0.4 is 5.32 Å². The summed E-state index contributed by atoms with van der Waals surface area (Å²) < 4.78 is 22.7. The minimum atomic E-state index is -3.12. The smallest absolute Gasteiger partial charge is 0.255 e. The summed E-state index contributed by atoms with van der Waals surface area (Å²) in [6.45, 7) is 3.87. The van der Waals surface area contributed by atoms with Crippen LogP contribution in [0.25, 0.3) is 0 Å². The predicted octanol–water partition coefficient (Wildman–Crippen LogP) is 3.10. The molecule has 0 saturated heterocycles. The Morgan fingerprint density at radius 2 is 1.64 bits per heavy atom. The molecule has 0 aliphatic carbocycles. The van der Waals surface area contributed by atoms with Crippen molar-refractivity contribution in [2.75, 3.05) is 11.6 Å². The number of rotatable bonds is 4. The Morgan fingerprint density at radius 3 is 2.23 bits per heavy atom. The number of hydrogen-bond donors (Lipinski definition) is 1. The fourth-order valence-corrected chi connectivity index (χ4v) is 3.09. The molecule has 0 aromatic heterocycles. The maximum absolute atomic E-state index is 12.4. The second-order valence-corrected chi connectivity index (χ2v) is 7.63. The zero-order chi connectivity index (χ0) is 16.3. The Morgan fingerprint density at radius 1 is 1.05 bits per heavy atom. The van der Waals surface area contributed by atoms with Crippen molar-refractivity contribution in [1.82, 2.24) is 0 Å². The van der Waals surface area contributed by atoms with E-state index in [1.165, 1.54) is 6.26 Å². The normalized spacial score (nSPS) is 11.2. The van der Waals surface area contributed by atoms with Crippen LogP contribution in [0, 0.1) is 13.8 Å². The topological polar surface area (TPSA) is 63.2 Å². The number of amides is 1. The van der Waals surface area contributed by atoms with Crippen LogP contribution in [0.2, 0.25) is 0 Å². The number of carbonyl (C=O) groups excluding carboxylic acids is 1. The van der Waals surface area contributed by atoms with Gasteiger partial charge in [0, 0.05) is 17.5 Å². The van der Waals surface area contributed by atoms with Crippen molar-refractivity contribution in [2.45, 2.75) is 19.6 Å². The van der Waals surface area contributed by atoms with E-state index in [-0.39, 0.29) is 11.7 Å². The highest BCUT2D eigenvalue weighted by Gasteiger charge is 2.11.